The minimum Gasteiger partial charge on any atom is -0.493 e. The van der Waals surface area contributed by atoms with Gasteiger partial charge in [-0.15, -0.1) is 0 Å². The Morgan fingerprint density at radius 2 is 2.00 bits per heavy atom. The Labute approximate surface area is 144 Å². The molecule has 2 aliphatic rings. The Hall–Kier alpha value is -1.59. The number of carbonyl (C=O) groups is 1. The summed E-state index contributed by atoms with van der Waals surface area (Å²) >= 11 is 0. The minimum atomic E-state index is -0.524. The molecule has 1 unspecified atom stereocenters. The molecule has 1 saturated heterocycles. The summed E-state index contributed by atoms with van der Waals surface area (Å²) in [6.45, 7) is 9.91. The van der Waals surface area contributed by atoms with Crippen LogP contribution in [0.2, 0.25) is 0 Å². The molecular formula is C19H28N2O3. The second-order valence-electron chi connectivity index (χ2n) is 7.68. The van der Waals surface area contributed by atoms with Crippen molar-refractivity contribution in [3.05, 3.63) is 29.8 Å². The first kappa shape index (κ1) is 17.2. The number of piperazine rings is 1. The van der Waals surface area contributed by atoms with Crippen LogP contribution in [0.3, 0.4) is 0 Å². The summed E-state index contributed by atoms with van der Waals surface area (Å²) in [4.78, 5) is 17.6. The molecule has 1 atom stereocenters. The zero-order valence-electron chi connectivity index (χ0n) is 14.9. The van der Waals surface area contributed by atoms with E-state index in [0.717, 1.165) is 17.9 Å². The van der Waals surface area contributed by atoms with Gasteiger partial charge in [0, 0.05) is 37.3 Å². The number of aliphatic hydroxyl groups is 1. The van der Waals surface area contributed by atoms with Crippen molar-refractivity contribution in [2.24, 2.45) is 0 Å². The number of hydrogen-bond acceptors (Lipinski definition) is 4. The second-order valence-corrected chi connectivity index (χ2v) is 7.68. The maximum atomic E-state index is 13.4. The number of fused-ring (bicyclic) bond motifs is 1. The predicted octanol–water partition coefficient (Wildman–Crippen LogP) is 1.64. The Kier molecular flexibility index (Phi) is 4.58. The van der Waals surface area contributed by atoms with Gasteiger partial charge in [-0.3, -0.25) is 9.69 Å². The molecule has 2 aliphatic heterocycles. The fourth-order valence-corrected chi connectivity index (χ4v) is 4.02. The lowest BCUT2D eigenvalue weighted by Crippen LogP contribution is -2.63. The minimum absolute atomic E-state index is 0.127. The fourth-order valence-electron chi connectivity index (χ4n) is 4.02. The van der Waals surface area contributed by atoms with Crippen molar-refractivity contribution < 1.29 is 14.6 Å². The van der Waals surface area contributed by atoms with E-state index in [0.29, 0.717) is 32.7 Å². The third kappa shape index (κ3) is 2.91. The molecule has 0 spiro atoms. The number of carbonyl (C=O) groups excluding carboxylic acids is 1. The van der Waals surface area contributed by atoms with E-state index in [1.54, 1.807) is 0 Å². The Morgan fingerprint density at radius 3 is 2.71 bits per heavy atom. The molecule has 5 heteroatoms. The number of nitrogens with zero attached hydrogens (tertiary/aromatic N) is 2. The van der Waals surface area contributed by atoms with Crippen LogP contribution in [0.4, 0.5) is 0 Å². The van der Waals surface area contributed by atoms with E-state index < -0.39 is 5.41 Å². The highest BCUT2D eigenvalue weighted by atomic mass is 16.5. The van der Waals surface area contributed by atoms with Crippen LogP contribution in [0.5, 0.6) is 5.75 Å². The first-order chi connectivity index (χ1) is 11.4. The number of ether oxygens (including phenoxy) is 1. The van der Waals surface area contributed by atoms with Crippen molar-refractivity contribution in [2.75, 3.05) is 39.4 Å². The topological polar surface area (TPSA) is 53.0 Å². The Balaban J connectivity index is 1.83. The molecule has 1 fully saturated rings. The summed E-state index contributed by atoms with van der Waals surface area (Å²) < 4.78 is 5.74. The molecule has 0 aromatic heterocycles. The van der Waals surface area contributed by atoms with Crippen molar-refractivity contribution in [1.82, 2.24) is 9.80 Å². The van der Waals surface area contributed by atoms with Crippen LogP contribution >= 0.6 is 0 Å². The number of para-hydroxylation sites is 1. The lowest BCUT2D eigenvalue weighted by Gasteiger charge is -2.49. The molecule has 0 aliphatic carbocycles. The van der Waals surface area contributed by atoms with Gasteiger partial charge in [0.2, 0.25) is 5.91 Å². The van der Waals surface area contributed by atoms with Gasteiger partial charge in [-0.1, -0.05) is 18.2 Å². The van der Waals surface area contributed by atoms with Crippen molar-refractivity contribution >= 4 is 5.91 Å². The first-order valence-corrected chi connectivity index (χ1v) is 8.76. The van der Waals surface area contributed by atoms with Crippen LogP contribution in [-0.4, -0.2) is 65.7 Å². The first-order valence-electron chi connectivity index (χ1n) is 8.76. The van der Waals surface area contributed by atoms with Crippen LogP contribution in [-0.2, 0) is 10.2 Å². The van der Waals surface area contributed by atoms with Gasteiger partial charge in [0.05, 0.1) is 18.6 Å². The maximum absolute atomic E-state index is 13.4. The van der Waals surface area contributed by atoms with Crippen LogP contribution in [0, 0.1) is 0 Å². The van der Waals surface area contributed by atoms with Crippen LogP contribution < -0.4 is 4.74 Å². The SMILES string of the molecule is CC1(C(=O)N2CCN(CCO)C(C)(C)C2)CCOc2ccccc21. The average Bonchev–Trinajstić information content (AvgIpc) is 2.56. The van der Waals surface area contributed by atoms with E-state index in [2.05, 4.69) is 18.7 Å². The second kappa shape index (κ2) is 6.37. The lowest BCUT2D eigenvalue weighted by atomic mass is 9.76. The van der Waals surface area contributed by atoms with Crippen LogP contribution in [0.1, 0.15) is 32.8 Å². The van der Waals surface area contributed by atoms with Gasteiger partial charge in [-0.2, -0.15) is 0 Å². The maximum Gasteiger partial charge on any atom is 0.233 e. The van der Waals surface area contributed by atoms with Crippen molar-refractivity contribution in [3.63, 3.8) is 0 Å². The van der Waals surface area contributed by atoms with E-state index in [4.69, 9.17) is 4.74 Å². The molecule has 5 nitrogen and oxygen atoms in total. The summed E-state index contributed by atoms with van der Waals surface area (Å²) in [5.74, 6) is 1.02. The van der Waals surface area contributed by atoms with Crippen LogP contribution in [0.15, 0.2) is 24.3 Å². The summed E-state index contributed by atoms with van der Waals surface area (Å²) in [5, 5.41) is 9.24. The smallest absolute Gasteiger partial charge is 0.233 e. The van der Waals surface area contributed by atoms with E-state index in [1.165, 1.54) is 0 Å². The van der Waals surface area contributed by atoms with Gasteiger partial charge >= 0.3 is 0 Å². The number of aliphatic hydroxyl groups excluding tert-OH is 1. The van der Waals surface area contributed by atoms with Gasteiger partial charge in [-0.05, 0) is 33.3 Å². The normalized spacial score (nSPS) is 26.6. The standard InChI is InChI=1S/C19H28N2O3/c1-18(2)14-20(9-10-21(18)11-12-22)17(23)19(3)8-13-24-16-7-5-4-6-15(16)19/h4-7,22H,8-14H2,1-3H3. The van der Waals surface area contributed by atoms with Crippen molar-refractivity contribution in [3.8, 4) is 5.75 Å². The zero-order chi connectivity index (χ0) is 17.4. The molecule has 1 N–H and O–H groups in total. The third-order valence-corrected chi connectivity index (χ3v) is 5.54. The van der Waals surface area contributed by atoms with Gasteiger partial charge in [0.1, 0.15) is 5.75 Å². The molecule has 1 amide bonds. The highest BCUT2D eigenvalue weighted by Gasteiger charge is 2.45. The van der Waals surface area contributed by atoms with Gasteiger partial charge in [0.25, 0.3) is 0 Å². The zero-order valence-corrected chi connectivity index (χ0v) is 14.9. The highest BCUT2D eigenvalue weighted by molar-refractivity contribution is 5.89. The largest absolute Gasteiger partial charge is 0.493 e. The summed E-state index contributed by atoms with van der Waals surface area (Å²) in [6.07, 6.45) is 0.708. The van der Waals surface area contributed by atoms with E-state index in [9.17, 15) is 9.90 Å². The molecule has 0 radical (unpaired) electrons. The van der Waals surface area contributed by atoms with E-state index in [1.807, 2.05) is 36.1 Å². The van der Waals surface area contributed by atoms with Gasteiger partial charge in [0.15, 0.2) is 0 Å². The molecule has 0 saturated carbocycles. The van der Waals surface area contributed by atoms with Crippen molar-refractivity contribution in [1.29, 1.82) is 0 Å². The monoisotopic (exact) mass is 332 g/mol. The molecule has 132 valence electrons. The molecule has 2 heterocycles. The number of rotatable bonds is 3. The Morgan fingerprint density at radius 1 is 1.25 bits per heavy atom. The highest BCUT2D eigenvalue weighted by Crippen LogP contribution is 2.40. The molecular weight excluding hydrogens is 304 g/mol. The number of hydrogen-bond donors (Lipinski definition) is 1. The number of amides is 1. The van der Waals surface area contributed by atoms with Gasteiger partial charge < -0.3 is 14.7 Å². The van der Waals surface area contributed by atoms with Crippen molar-refractivity contribution in [2.45, 2.75) is 38.1 Å². The van der Waals surface area contributed by atoms with E-state index in [-0.39, 0.29) is 18.1 Å². The van der Waals surface area contributed by atoms with Gasteiger partial charge in [-0.25, -0.2) is 0 Å². The molecule has 0 bridgehead atoms. The van der Waals surface area contributed by atoms with Crippen LogP contribution in [0.25, 0.3) is 0 Å². The fraction of sp³-hybridized carbons (Fsp3) is 0.632. The summed E-state index contributed by atoms with van der Waals surface area (Å²) in [5.41, 5.74) is 0.346. The summed E-state index contributed by atoms with van der Waals surface area (Å²) in [6, 6.07) is 7.89. The average molecular weight is 332 g/mol. The van der Waals surface area contributed by atoms with E-state index >= 15 is 0 Å². The molecule has 24 heavy (non-hydrogen) atoms. The predicted molar refractivity (Wildman–Crippen MR) is 93.2 cm³/mol. The molecule has 1 aromatic rings. The number of β-amino-alcohol motifs (C(OH)–C–C–N with tert-alkyl or cyclic N) is 1. The quantitative estimate of drug-likeness (QED) is 0.914. The molecule has 1 aromatic carbocycles. The molecule has 3 rings (SSSR count). The summed E-state index contributed by atoms with van der Waals surface area (Å²) in [7, 11) is 0. The third-order valence-electron chi connectivity index (χ3n) is 5.54. The lowest BCUT2D eigenvalue weighted by molar-refractivity contribution is -0.143. The number of benzene rings is 1. The Bertz CT molecular complexity index is 616.